The number of benzene rings is 2. The van der Waals surface area contributed by atoms with Crippen LogP contribution in [0.5, 0.6) is 5.75 Å². The molecule has 2 aromatic carbocycles. The first-order valence-electron chi connectivity index (χ1n) is 12.0. The number of Topliss-reactive ketones (excluding diaryl/α,β-unsaturated/α-hetero) is 1. The van der Waals surface area contributed by atoms with Gasteiger partial charge in [-0.25, -0.2) is 4.39 Å². The summed E-state index contributed by atoms with van der Waals surface area (Å²) in [5.74, 6) is -2.86. The molecule has 1 saturated heterocycles. The van der Waals surface area contributed by atoms with Gasteiger partial charge in [0.1, 0.15) is 0 Å². The van der Waals surface area contributed by atoms with E-state index in [9.17, 15) is 19.1 Å². The molecule has 35 heavy (non-hydrogen) atoms. The number of carbonyl (C=O) groups is 2. The highest BCUT2D eigenvalue weighted by molar-refractivity contribution is 9.10. The molecule has 1 fully saturated rings. The highest BCUT2D eigenvalue weighted by Crippen LogP contribution is 2.39. The van der Waals surface area contributed by atoms with E-state index in [1.54, 1.807) is 32.0 Å². The molecule has 6 nitrogen and oxygen atoms in total. The van der Waals surface area contributed by atoms with E-state index in [2.05, 4.69) is 29.8 Å². The van der Waals surface area contributed by atoms with Crippen molar-refractivity contribution in [1.82, 2.24) is 4.90 Å². The van der Waals surface area contributed by atoms with Crippen LogP contribution in [0.4, 0.5) is 4.39 Å². The number of halogens is 2. The van der Waals surface area contributed by atoms with Crippen molar-refractivity contribution in [1.29, 1.82) is 0 Å². The average Bonchev–Trinajstić information content (AvgIpc) is 3.07. The van der Waals surface area contributed by atoms with Crippen molar-refractivity contribution in [2.75, 3.05) is 26.2 Å². The monoisotopic (exact) mass is 546 g/mol. The van der Waals surface area contributed by atoms with Crippen LogP contribution >= 0.6 is 15.9 Å². The molecule has 0 bridgehead atoms. The number of nitrogens with one attached hydrogen (secondary N) is 1. The summed E-state index contributed by atoms with van der Waals surface area (Å²) in [6, 6.07) is 10.3. The second-order valence-corrected chi connectivity index (χ2v) is 9.82. The lowest BCUT2D eigenvalue weighted by atomic mass is 9.95. The summed E-state index contributed by atoms with van der Waals surface area (Å²) in [7, 11) is 0. The van der Waals surface area contributed by atoms with Crippen molar-refractivity contribution >= 4 is 33.4 Å². The molecule has 3 rings (SSSR count). The standard InChI is InChI=1S/C27H32BrFN2O4/c1-5-30(6-2)13-8-14-31-24(18-9-7-10-20(28)15-18)23(26(33)27(31)34)25(32)19-11-12-22(21(29)16-19)35-17(3)4/h7,9-12,15-17,24,32H,5-6,8,13-14H2,1-4H3. The number of hydrogen-bond acceptors (Lipinski definition) is 4. The molecule has 0 saturated carbocycles. The summed E-state index contributed by atoms with van der Waals surface area (Å²) in [6.45, 7) is 10.9. The summed E-state index contributed by atoms with van der Waals surface area (Å²) in [5.41, 5.74) is 0.502. The van der Waals surface area contributed by atoms with Gasteiger partial charge in [-0.05, 0) is 63.1 Å². The molecule has 8 heteroatoms. The Morgan fingerprint density at radius 1 is 1.17 bits per heavy atom. The molecule has 1 unspecified atom stereocenters. The van der Waals surface area contributed by atoms with Crippen LogP contribution in [0, 0.1) is 5.82 Å². The van der Waals surface area contributed by atoms with Crippen molar-refractivity contribution in [2.45, 2.75) is 46.3 Å². The lowest BCUT2D eigenvalue weighted by Gasteiger charge is -2.28. The number of rotatable bonds is 10. The Bertz CT molecular complexity index is 1110. The molecular formula is C27H32BrFN2O4. The highest BCUT2D eigenvalue weighted by atomic mass is 79.9. The number of ketones is 1. The smallest absolute Gasteiger partial charge is 0.295 e. The summed E-state index contributed by atoms with van der Waals surface area (Å²) < 4.78 is 20.8. The molecule has 1 amide bonds. The first-order valence-corrected chi connectivity index (χ1v) is 12.8. The van der Waals surface area contributed by atoms with Crippen molar-refractivity contribution < 1.29 is 28.7 Å². The second-order valence-electron chi connectivity index (χ2n) is 8.90. The van der Waals surface area contributed by atoms with Crippen LogP contribution in [0.15, 0.2) is 52.5 Å². The zero-order valence-corrected chi connectivity index (χ0v) is 22.2. The third-order valence-electron chi connectivity index (χ3n) is 6.18. The highest BCUT2D eigenvalue weighted by Gasteiger charge is 2.44. The van der Waals surface area contributed by atoms with E-state index in [1.165, 1.54) is 21.9 Å². The molecule has 0 aliphatic carbocycles. The van der Waals surface area contributed by atoms with Crippen LogP contribution in [-0.2, 0) is 9.59 Å². The van der Waals surface area contributed by atoms with E-state index >= 15 is 0 Å². The van der Waals surface area contributed by atoms with Gasteiger partial charge in [0.05, 0.1) is 31.8 Å². The van der Waals surface area contributed by atoms with Gasteiger partial charge >= 0.3 is 0 Å². The number of nitrogens with zero attached hydrogens (tertiary/aromatic N) is 1. The maximum absolute atomic E-state index is 14.6. The van der Waals surface area contributed by atoms with Gasteiger partial charge in [-0.15, -0.1) is 0 Å². The molecule has 0 spiro atoms. The van der Waals surface area contributed by atoms with Crippen molar-refractivity contribution in [3.63, 3.8) is 0 Å². The quantitative estimate of drug-likeness (QED) is 0.282. The molecule has 188 valence electrons. The van der Waals surface area contributed by atoms with E-state index in [0.29, 0.717) is 18.5 Å². The maximum Gasteiger partial charge on any atom is 0.295 e. The third-order valence-corrected chi connectivity index (χ3v) is 6.67. The molecular weight excluding hydrogens is 515 g/mol. The van der Waals surface area contributed by atoms with E-state index in [1.807, 2.05) is 6.07 Å². The van der Waals surface area contributed by atoms with E-state index in [4.69, 9.17) is 4.74 Å². The van der Waals surface area contributed by atoms with E-state index in [0.717, 1.165) is 30.2 Å². The van der Waals surface area contributed by atoms with Gasteiger partial charge < -0.3 is 19.6 Å². The first-order chi connectivity index (χ1) is 16.7. The van der Waals surface area contributed by atoms with Crippen molar-refractivity contribution in [3.8, 4) is 5.75 Å². The van der Waals surface area contributed by atoms with E-state index < -0.39 is 29.3 Å². The van der Waals surface area contributed by atoms with Crippen LogP contribution in [0.2, 0.25) is 0 Å². The van der Waals surface area contributed by atoms with Crippen LogP contribution in [-0.4, -0.2) is 48.9 Å². The van der Waals surface area contributed by atoms with E-state index in [-0.39, 0.29) is 23.0 Å². The predicted molar refractivity (Wildman–Crippen MR) is 134 cm³/mol. The Hall–Kier alpha value is -2.71. The SMILES string of the molecule is CC[NH+](CC)CCCN1C(=O)C(=O)C(=C([O-])c2ccc(OC(C)C)c(F)c2)C1c1cccc(Br)c1. The van der Waals surface area contributed by atoms with Crippen LogP contribution in [0.25, 0.3) is 5.76 Å². The fraction of sp³-hybridized carbons (Fsp3) is 0.407. The second kappa shape index (κ2) is 11.8. The Balaban J connectivity index is 2.04. The van der Waals surface area contributed by atoms with Gasteiger partial charge in [0.2, 0.25) is 5.78 Å². The number of likely N-dealkylation sites (tertiary alicyclic amines) is 1. The topological polar surface area (TPSA) is 74.1 Å². The largest absolute Gasteiger partial charge is 0.872 e. The number of carbonyl (C=O) groups excluding carboxylic acids is 2. The Labute approximate surface area is 214 Å². The molecule has 1 aliphatic rings. The van der Waals surface area contributed by atoms with Gasteiger partial charge in [0.25, 0.3) is 5.91 Å². The first kappa shape index (κ1) is 26.9. The summed E-state index contributed by atoms with van der Waals surface area (Å²) >= 11 is 3.44. The van der Waals surface area contributed by atoms with Crippen LogP contribution in [0.3, 0.4) is 0 Å². The molecule has 0 radical (unpaired) electrons. The summed E-state index contributed by atoms with van der Waals surface area (Å²) in [5, 5.41) is 13.5. The van der Waals surface area contributed by atoms with Crippen molar-refractivity contribution in [2.24, 2.45) is 0 Å². The van der Waals surface area contributed by atoms with Crippen LogP contribution < -0.4 is 14.7 Å². The minimum atomic E-state index is -0.835. The fourth-order valence-electron chi connectivity index (χ4n) is 4.37. The molecule has 1 aliphatic heterocycles. The molecule has 1 atom stereocenters. The van der Waals surface area contributed by atoms with Crippen molar-refractivity contribution in [3.05, 3.63) is 69.5 Å². The lowest BCUT2D eigenvalue weighted by Crippen LogP contribution is -3.11. The number of hydrogen-bond donors (Lipinski definition) is 1. The number of amides is 1. The number of quaternary nitrogens is 1. The predicted octanol–water partition coefficient (Wildman–Crippen LogP) is 2.91. The van der Waals surface area contributed by atoms with Gasteiger partial charge in [0.15, 0.2) is 11.6 Å². The Morgan fingerprint density at radius 2 is 1.89 bits per heavy atom. The van der Waals surface area contributed by atoms with Gasteiger partial charge in [-0.3, -0.25) is 9.59 Å². The minimum Gasteiger partial charge on any atom is -0.872 e. The molecule has 0 aromatic heterocycles. The maximum atomic E-state index is 14.6. The zero-order chi connectivity index (χ0) is 25.7. The molecule has 1 heterocycles. The van der Waals surface area contributed by atoms with Gasteiger partial charge in [0, 0.05) is 23.0 Å². The average molecular weight is 547 g/mol. The molecule has 1 N–H and O–H groups in total. The summed E-state index contributed by atoms with van der Waals surface area (Å²) in [4.78, 5) is 29.1. The molecule has 2 aromatic rings. The lowest BCUT2D eigenvalue weighted by molar-refractivity contribution is -0.896. The third kappa shape index (κ3) is 6.11. The number of ether oxygens (including phenoxy) is 1. The minimum absolute atomic E-state index is 0.00388. The summed E-state index contributed by atoms with van der Waals surface area (Å²) in [6.07, 6.45) is 0.458. The van der Waals surface area contributed by atoms with Gasteiger partial charge in [-0.2, -0.15) is 0 Å². The Kier molecular flexibility index (Phi) is 9.08. The van der Waals surface area contributed by atoms with Crippen LogP contribution in [0.1, 0.15) is 51.3 Å². The fourth-order valence-corrected chi connectivity index (χ4v) is 4.79. The van der Waals surface area contributed by atoms with Gasteiger partial charge in [-0.1, -0.05) is 39.9 Å². The zero-order valence-electron chi connectivity index (χ0n) is 20.6. The Morgan fingerprint density at radius 3 is 2.49 bits per heavy atom. The normalized spacial score (nSPS) is 17.6.